The number of anilines is 1. The van der Waals surface area contributed by atoms with Crippen LogP contribution in [0.15, 0.2) is 71.6 Å². The van der Waals surface area contributed by atoms with Gasteiger partial charge in [-0.05, 0) is 49.4 Å². The first-order valence-corrected chi connectivity index (χ1v) is 12.2. The summed E-state index contributed by atoms with van der Waals surface area (Å²) in [5.74, 6) is -0.588. The van der Waals surface area contributed by atoms with Gasteiger partial charge in [0.15, 0.2) is 4.32 Å². The number of carboxylic acid groups (broad SMARTS) is 1. The number of nitro groups is 1. The molecular formula is C26H20N2O7S2. The molecule has 3 aromatic rings. The fourth-order valence-corrected chi connectivity index (χ4v) is 4.74. The van der Waals surface area contributed by atoms with E-state index in [1.807, 2.05) is 31.2 Å². The van der Waals surface area contributed by atoms with Crippen LogP contribution in [0.1, 0.15) is 21.5 Å². The fraction of sp³-hybridized carbons (Fsp3) is 0.115. The number of carbonyl (C=O) groups is 2. The van der Waals surface area contributed by atoms with Crippen LogP contribution in [0.2, 0.25) is 0 Å². The number of amides is 1. The lowest BCUT2D eigenvalue weighted by Gasteiger charge is -2.15. The molecule has 1 saturated heterocycles. The molecule has 0 aliphatic carbocycles. The molecule has 4 rings (SSSR count). The molecule has 0 unspecified atom stereocenters. The largest absolute Gasteiger partial charge is 0.490 e. The maximum Gasteiger partial charge on any atom is 0.335 e. The zero-order valence-electron chi connectivity index (χ0n) is 19.5. The average Bonchev–Trinajstić information content (AvgIpc) is 3.15. The molecule has 11 heteroatoms. The minimum atomic E-state index is -1.13. The van der Waals surface area contributed by atoms with E-state index < -0.39 is 16.8 Å². The molecule has 188 valence electrons. The minimum Gasteiger partial charge on any atom is -0.490 e. The summed E-state index contributed by atoms with van der Waals surface area (Å²) in [5, 5.41) is 20.6. The molecule has 9 nitrogen and oxygen atoms in total. The molecule has 0 bridgehead atoms. The number of aryl methyl sites for hydroxylation is 1. The Morgan fingerprint density at radius 1 is 1.11 bits per heavy atom. The standard InChI is InChI=1S/C26H20N2O7S2/c1-16-5-8-21(9-6-16)34-11-12-35-22-10-7-20(28(32)33)14-18(22)15-23-24(29)27(26(36)37-23)19-4-2-3-17(13-19)25(30)31/h2-10,13-15H,11-12H2,1H3,(H,30,31)/b23-15-. The van der Waals surface area contributed by atoms with Gasteiger partial charge in [-0.25, -0.2) is 4.79 Å². The Labute approximate surface area is 221 Å². The highest BCUT2D eigenvalue weighted by Crippen LogP contribution is 2.38. The summed E-state index contributed by atoms with van der Waals surface area (Å²) < 4.78 is 11.7. The van der Waals surface area contributed by atoms with Crippen molar-refractivity contribution in [1.82, 2.24) is 0 Å². The number of nitrogens with zero attached hydrogens (tertiary/aromatic N) is 2. The first-order chi connectivity index (χ1) is 17.7. The van der Waals surface area contributed by atoms with Gasteiger partial charge in [-0.3, -0.25) is 19.8 Å². The summed E-state index contributed by atoms with van der Waals surface area (Å²) in [6.45, 7) is 2.38. The number of carbonyl (C=O) groups excluding carboxylic acids is 1. The van der Waals surface area contributed by atoms with Crippen molar-refractivity contribution in [2.24, 2.45) is 0 Å². The number of thiocarbonyl (C=S) groups is 1. The molecule has 0 aromatic heterocycles. The van der Waals surface area contributed by atoms with E-state index in [4.69, 9.17) is 21.7 Å². The number of non-ortho nitro benzene ring substituents is 1. The number of rotatable bonds is 9. The predicted octanol–water partition coefficient (Wildman–Crippen LogP) is 5.47. The Hall–Kier alpha value is -4.22. The van der Waals surface area contributed by atoms with Gasteiger partial charge in [0.2, 0.25) is 0 Å². The van der Waals surface area contributed by atoms with E-state index in [0.29, 0.717) is 22.7 Å². The summed E-state index contributed by atoms with van der Waals surface area (Å²) >= 11 is 6.37. The zero-order chi connectivity index (χ0) is 26.5. The van der Waals surface area contributed by atoms with Crippen molar-refractivity contribution >= 4 is 57.6 Å². The molecule has 1 aliphatic rings. The molecule has 0 saturated carbocycles. The van der Waals surface area contributed by atoms with Crippen molar-refractivity contribution in [2.75, 3.05) is 18.1 Å². The van der Waals surface area contributed by atoms with Crippen molar-refractivity contribution < 1.29 is 29.1 Å². The van der Waals surface area contributed by atoms with Gasteiger partial charge < -0.3 is 14.6 Å². The zero-order valence-corrected chi connectivity index (χ0v) is 21.1. The Morgan fingerprint density at radius 3 is 2.54 bits per heavy atom. The van der Waals surface area contributed by atoms with Gasteiger partial charge in [-0.15, -0.1) is 0 Å². The third-order valence-corrected chi connectivity index (χ3v) is 6.57. The highest BCUT2D eigenvalue weighted by Gasteiger charge is 2.34. The van der Waals surface area contributed by atoms with E-state index in [0.717, 1.165) is 17.3 Å². The van der Waals surface area contributed by atoms with Gasteiger partial charge in [0.25, 0.3) is 11.6 Å². The van der Waals surface area contributed by atoms with Crippen LogP contribution in [-0.4, -0.2) is 39.4 Å². The lowest BCUT2D eigenvalue weighted by Crippen LogP contribution is -2.27. The molecule has 1 aliphatic heterocycles. The number of ether oxygens (including phenoxy) is 2. The maximum atomic E-state index is 13.2. The monoisotopic (exact) mass is 536 g/mol. The lowest BCUT2D eigenvalue weighted by molar-refractivity contribution is -0.384. The molecule has 37 heavy (non-hydrogen) atoms. The molecule has 0 atom stereocenters. The van der Waals surface area contributed by atoms with Gasteiger partial charge in [-0.2, -0.15) is 0 Å². The number of benzene rings is 3. The van der Waals surface area contributed by atoms with Gasteiger partial charge in [0.05, 0.1) is 21.1 Å². The highest BCUT2D eigenvalue weighted by atomic mass is 32.2. The fourth-order valence-electron chi connectivity index (χ4n) is 3.45. The van der Waals surface area contributed by atoms with Crippen LogP contribution >= 0.6 is 24.0 Å². The van der Waals surface area contributed by atoms with E-state index in [1.54, 1.807) is 6.07 Å². The molecule has 3 aromatic carbocycles. The van der Waals surface area contributed by atoms with E-state index in [-0.39, 0.29) is 33.7 Å². The maximum absolute atomic E-state index is 13.2. The van der Waals surface area contributed by atoms with Crippen LogP contribution < -0.4 is 14.4 Å². The van der Waals surface area contributed by atoms with Crippen LogP contribution in [0.3, 0.4) is 0 Å². The van der Waals surface area contributed by atoms with Crippen molar-refractivity contribution in [3.8, 4) is 11.5 Å². The predicted molar refractivity (Wildman–Crippen MR) is 144 cm³/mol. The van der Waals surface area contributed by atoms with Crippen molar-refractivity contribution in [1.29, 1.82) is 0 Å². The van der Waals surface area contributed by atoms with Crippen LogP contribution in [-0.2, 0) is 4.79 Å². The second-order valence-corrected chi connectivity index (χ2v) is 9.54. The summed E-state index contributed by atoms with van der Waals surface area (Å²) in [5.41, 5.74) is 1.59. The third kappa shape index (κ3) is 6.13. The first-order valence-electron chi connectivity index (χ1n) is 10.9. The number of nitro benzene ring substituents is 1. The molecule has 1 heterocycles. The summed E-state index contributed by atoms with van der Waals surface area (Å²) in [6.07, 6.45) is 1.48. The topological polar surface area (TPSA) is 119 Å². The molecule has 0 radical (unpaired) electrons. The highest BCUT2D eigenvalue weighted by molar-refractivity contribution is 8.27. The summed E-state index contributed by atoms with van der Waals surface area (Å²) in [7, 11) is 0. The lowest BCUT2D eigenvalue weighted by atomic mass is 10.1. The van der Waals surface area contributed by atoms with E-state index in [9.17, 15) is 24.8 Å². The van der Waals surface area contributed by atoms with Crippen LogP contribution in [0.4, 0.5) is 11.4 Å². The summed E-state index contributed by atoms with van der Waals surface area (Å²) in [6, 6.07) is 17.5. The van der Waals surface area contributed by atoms with Crippen LogP contribution in [0.5, 0.6) is 11.5 Å². The number of hydrogen-bond acceptors (Lipinski definition) is 8. The van der Waals surface area contributed by atoms with Crippen LogP contribution in [0.25, 0.3) is 6.08 Å². The number of aromatic carboxylic acids is 1. The smallest absolute Gasteiger partial charge is 0.335 e. The van der Waals surface area contributed by atoms with Gasteiger partial charge in [0, 0.05) is 17.7 Å². The SMILES string of the molecule is Cc1ccc(OCCOc2ccc([N+](=O)[O-])cc2/C=C2\SC(=S)N(c3cccc(C(=O)O)c3)C2=O)cc1. The minimum absolute atomic E-state index is 0.0118. The van der Waals surface area contributed by atoms with E-state index in [2.05, 4.69) is 0 Å². The molecule has 0 spiro atoms. The first kappa shape index (κ1) is 25.9. The van der Waals surface area contributed by atoms with Gasteiger partial charge >= 0.3 is 5.97 Å². The second-order valence-electron chi connectivity index (χ2n) is 7.86. The Balaban J connectivity index is 1.55. The Morgan fingerprint density at radius 2 is 1.84 bits per heavy atom. The van der Waals surface area contributed by atoms with Crippen LogP contribution in [0, 0.1) is 17.0 Å². The normalized spacial score (nSPS) is 14.2. The molecule has 1 N–H and O–H groups in total. The molecular weight excluding hydrogens is 516 g/mol. The van der Waals surface area contributed by atoms with Gasteiger partial charge in [-0.1, -0.05) is 47.7 Å². The van der Waals surface area contributed by atoms with Gasteiger partial charge in [0.1, 0.15) is 24.7 Å². The summed E-state index contributed by atoms with van der Waals surface area (Å²) in [4.78, 5) is 36.8. The third-order valence-electron chi connectivity index (χ3n) is 5.27. The Kier molecular flexibility index (Phi) is 7.85. The number of carboxylic acids is 1. The number of thioether (sulfide) groups is 1. The molecule has 1 amide bonds. The van der Waals surface area contributed by atoms with Crippen molar-refractivity contribution in [3.05, 3.63) is 98.4 Å². The second kappa shape index (κ2) is 11.2. The van der Waals surface area contributed by atoms with Crippen molar-refractivity contribution in [3.63, 3.8) is 0 Å². The van der Waals surface area contributed by atoms with E-state index in [1.165, 1.54) is 47.4 Å². The number of hydrogen-bond donors (Lipinski definition) is 1. The quantitative estimate of drug-likeness (QED) is 0.125. The average molecular weight is 537 g/mol. The van der Waals surface area contributed by atoms with E-state index >= 15 is 0 Å². The van der Waals surface area contributed by atoms with Crippen molar-refractivity contribution in [2.45, 2.75) is 6.92 Å². The molecule has 1 fully saturated rings. The Bertz CT molecular complexity index is 1420.